The second-order valence-corrected chi connectivity index (χ2v) is 5.25. The SMILES string of the molecule is Clc1cc2c(c(-c3cccc(Cl)c3Cl)c1)O[CH]C2. The van der Waals surface area contributed by atoms with Crippen LogP contribution >= 0.6 is 34.8 Å². The molecule has 0 fully saturated rings. The Labute approximate surface area is 120 Å². The Morgan fingerprint density at radius 1 is 1.00 bits per heavy atom. The molecule has 1 aliphatic rings. The fourth-order valence-electron chi connectivity index (χ4n) is 2.07. The first-order chi connectivity index (χ1) is 8.66. The van der Waals surface area contributed by atoms with Gasteiger partial charge in [0.15, 0.2) is 0 Å². The van der Waals surface area contributed by atoms with Gasteiger partial charge in [-0.05, 0) is 18.2 Å². The van der Waals surface area contributed by atoms with Crippen LogP contribution in [-0.2, 0) is 6.42 Å². The lowest BCUT2D eigenvalue weighted by Crippen LogP contribution is -1.87. The molecule has 0 N–H and O–H groups in total. The van der Waals surface area contributed by atoms with Crippen LogP contribution in [0.25, 0.3) is 11.1 Å². The van der Waals surface area contributed by atoms with E-state index in [-0.39, 0.29) is 0 Å². The molecule has 0 atom stereocenters. The van der Waals surface area contributed by atoms with Crippen LogP contribution in [0.2, 0.25) is 15.1 Å². The Hall–Kier alpha value is -0.890. The summed E-state index contributed by atoms with van der Waals surface area (Å²) in [5.74, 6) is 0.809. The van der Waals surface area contributed by atoms with Crippen molar-refractivity contribution in [1.82, 2.24) is 0 Å². The number of fused-ring (bicyclic) bond motifs is 1. The van der Waals surface area contributed by atoms with Gasteiger partial charge in [0.1, 0.15) is 12.4 Å². The minimum Gasteiger partial charge on any atom is -0.485 e. The minimum absolute atomic E-state index is 0.513. The van der Waals surface area contributed by atoms with Crippen molar-refractivity contribution >= 4 is 34.8 Å². The summed E-state index contributed by atoms with van der Waals surface area (Å²) in [5.41, 5.74) is 2.77. The lowest BCUT2D eigenvalue weighted by Gasteiger charge is -2.11. The molecule has 1 aliphatic heterocycles. The maximum atomic E-state index is 6.24. The van der Waals surface area contributed by atoms with E-state index in [1.165, 1.54) is 0 Å². The number of hydrogen-bond donors (Lipinski definition) is 0. The number of benzene rings is 2. The van der Waals surface area contributed by atoms with Gasteiger partial charge in [-0.15, -0.1) is 0 Å². The van der Waals surface area contributed by atoms with Crippen LogP contribution in [0.3, 0.4) is 0 Å². The van der Waals surface area contributed by atoms with Crippen molar-refractivity contribution in [3.8, 4) is 16.9 Å². The molecule has 0 amide bonds. The molecule has 0 saturated carbocycles. The molecule has 2 aromatic rings. The Morgan fingerprint density at radius 3 is 2.67 bits per heavy atom. The summed E-state index contributed by atoms with van der Waals surface area (Å²) in [6.07, 6.45) is 0.751. The molecule has 1 heterocycles. The van der Waals surface area contributed by atoms with Gasteiger partial charge in [-0.1, -0.05) is 46.9 Å². The topological polar surface area (TPSA) is 9.23 Å². The van der Waals surface area contributed by atoms with E-state index < -0.39 is 0 Å². The van der Waals surface area contributed by atoms with Crippen LogP contribution in [0.15, 0.2) is 30.3 Å². The van der Waals surface area contributed by atoms with Crippen molar-refractivity contribution in [1.29, 1.82) is 0 Å². The number of rotatable bonds is 1. The summed E-state index contributed by atoms with van der Waals surface area (Å²) in [4.78, 5) is 0. The predicted molar refractivity (Wildman–Crippen MR) is 75.5 cm³/mol. The number of ether oxygens (including phenoxy) is 1. The van der Waals surface area contributed by atoms with Crippen molar-refractivity contribution in [3.63, 3.8) is 0 Å². The minimum atomic E-state index is 0.513. The third-order valence-corrected chi connectivity index (χ3v) is 3.91. The second-order valence-electron chi connectivity index (χ2n) is 4.03. The van der Waals surface area contributed by atoms with Crippen molar-refractivity contribution in [2.75, 3.05) is 0 Å². The van der Waals surface area contributed by atoms with Gasteiger partial charge >= 0.3 is 0 Å². The van der Waals surface area contributed by atoms with Crippen molar-refractivity contribution in [3.05, 3.63) is 57.6 Å². The molecule has 2 aromatic carbocycles. The van der Waals surface area contributed by atoms with Crippen LogP contribution in [-0.4, -0.2) is 0 Å². The highest BCUT2D eigenvalue weighted by Gasteiger charge is 2.20. The van der Waals surface area contributed by atoms with E-state index in [0.717, 1.165) is 28.9 Å². The van der Waals surface area contributed by atoms with E-state index in [2.05, 4.69) is 0 Å². The van der Waals surface area contributed by atoms with Crippen LogP contribution in [0.1, 0.15) is 5.56 Å². The highest BCUT2D eigenvalue weighted by atomic mass is 35.5. The summed E-state index contributed by atoms with van der Waals surface area (Å²) in [5, 5.41) is 1.70. The second kappa shape index (κ2) is 4.65. The van der Waals surface area contributed by atoms with E-state index in [1.807, 2.05) is 24.3 Å². The average molecular weight is 299 g/mol. The Balaban J connectivity index is 2.26. The predicted octanol–water partition coefficient (Wildman–Crippen LogP) is 5.41. The third-order valence-electron chi connectivity index (χ3n) is 2.88. The molecule has 0 bridgehead atoms. The molecule has 1 nitrogen and oxygen atoms in total. The zero-order valence-electron chi connectivity index (χ0n) is 9.21. The average Bonchev–Trinajstić information content (AvgIpc) is 2.79. The van der Waals surface area contributed by atoms with Crippen molar-refractivity contribution < 1.29 is 4.74 Å². The Bertz CT molecular complexity index is 623. The van der Waals surface area contributed by atoms with Gasteiger partial charge in [-0.3, -0.25) is 0 Å². The maximum absolute atomic E-state index is 6.24. The summed E-state index contributed by atoms with van der Waals surface area (Å²) < 4.78 is 5.55. The number of halogens is 3. The van der Waals surface area contributed by atoms with Crippen molar-refractivity contribution in [2.24, 2.45) is 0 Å². The molecule has 1 radical (unpaired) electrons. The molecule has 0 aromatic heterocycles. The van der Waals surface area contributed by atoms with Crippen LogP contribution in [0, 0.1) is 6.61 Å². The Kier molecular flexibility index (Phi) is 3.14. The molecule has 91 valence electrons. The smallest absolute Gasteiger partial charge is 0.140 e. The van der Waals surface area contributed by atoms with Gasteiger partial charge in [0, 0.05) is 28.1 Å². The molecular weight excluding hydrogens is 291 g/mol. The lowest BCUT2D eigenvalue weighted by atomic mass is 10.0. The fourth-order valence-corrected chi connectivity index (χ4v) is 2.71. The molecule has 18 heavy (non-hydrogen) atoms. The van der Waals surface area contributed by atoms with Crippen molar-refractivity contribution in [2.45, 2.75) is 6.42 Å². The summed E-state index contributed by atoms with van der Waals surface area (Å²) in [6, 6.07) is 9.27. The zero-order chi connectivity index (χ0) is 12.7. The summed E-state index contributed by atoms with van der Waals surface area (Å²) >= 11 is 18.4. The highest BCUT2D eigenvalue weighted by Crippen LogP contribution is 2.43. The fraction of sp³-hybridized carbons (Fsp3) is 0.0714. The van der Waals surface area contributed by atoms with E-state index >= 15 is 0 Å². The summed E-state index contributed by atoms with van der Waals surface area (Å²) in [6.45, 7) is 1.75. The van der Waals surface area contributed by atoms with Gasteiger partial charge in [-0.25, -0.2) is 0 Å². The molecule has 0 aliphatic carbocycles. The Morgan fingerprint density at radius 2 is 1.83 bits per heavy atom. The normalized spacial score (nSPS) is 13.3. The maximum Gasteiger partial charge on any atom is 0.140 e. The van der Waals surface area contributed by atoms with Crippen LogP contribution < -0.4 is 4.74 Å². The first-order valence-corrected chi connectivity index (χ1v) is 6.55. The molecular formula is C14H8Cl3O. The van der Waals surface area contributed by atoms with E-state index in [1.54, 1.807) is 12.7 Å². The first-order valence-electron chi connectivity index (χ1n) is 5.42. The molecule has 3 rings (SSSR count). The summed E-state index contributed by atoms with van der Waals surface area (Å²) in [7, 11) is 0. The standard InChI is InChI=1S/C14H8Cl3O/c15-9-6-8-4-5-18-14(8)11(7-9)10-2-1-3-12(16)13(10)17/h1-3,5-7H,4H2. The van der Waals surface area contributed by atoms with Gasteiger partial charge in [0.25, 0.3) is 0 Å². The molecule has 0 spiro atoms. The van der Waals surface area contributed by atoms with Gasteiger partial charge < -0.3 is 4.74 Å². The molecule has 0 unspecified atom stereocenters. The van der Waals surface area contributed by atoms with Gasteiger partial charge in [0.2, 0.25) is 0 Å². The van der Waals surface area contributed by atoms with Gasteiger partial charge in [-0.2, -0.15) is 0 Å². The van der Waals surface area contributed by atoms with Crippen LogP contribution in [0.5, 0.6) is 5.75 Å². The van der Waals surface area contributed by atoms with E-state index in [9.17, 15) is 0 Å². The number of hydrogen-bond acceptors (Lipinski definition) is 1. The quantitative estimate of drug-likeness (QED) is 0.684. The third kappa shape index (κ3) is 1.97. The van der Waals surface area contributed by atoms with E-state index in [4.69, 9.17) is 39.5 Å². The highest BCUT2D eigenvalue weighted by molar-refractivity contribution is 6.43. The lowest BCUT2D eigenvalue weighted by molar-refractivity contribution is 0.436. The molecule has 4 heteroatoms. The largest absolute Gasteiger partial charge is 0.485 e. The van der Waals surface area contributed by atoms with E-state index in [0.29, 0.717) is 15.1 Å². The zero-order valence-corrected chi connectivity index (χ0v) is 11.5. The first kappa shape index (κ1) is 12.2. The van der Waals surface area contributed by atoms with Gasteiger partial charge in [0.05, 0.1) is 10.0 Å². The monoisotopic (exact) mass is 297 g/mol. The van der Waals surface area contributed by atoms with Crippen LogP contribution in [0.4, 0.5) is 0 Å². The molecule has 0 saturated heterocycles.